The summed E-state index contributed by atoms with van der Waals surface area (Å²) in [6.07, 6.45) is 4.45. The first kappa shape index (κ1) is 15.4. The number of ether oxygens (including phenoxy) is 2. The van der Waals surface area contributed by atoms with Gasteiger partial charge in [0.25, 0.3) is 0 Å². The highest BCUT2D eigenvalue weighted by atomic mass is 35.5. The van der Waals surface area contributed by atoms with E-state index in [1.54, 1.807) is 14.2 Å². The van der Waals surface area contributed by atoms with Crippen LogP contribution in [0.1, 0.15) is 31.2 Å². The Hall–Kier alpha value is -0.970. The largest absolute Gasteiger partial charge is 0.493 e. The molecule has 1 aromatic rings. The summed E-state index contributed by atoms with van der Waals surface area (Å²) in [6.45, 7) is 0.735. The van der Waals surface area contributed by atoms with Gasteiger partial charge in [-0.25, -0.2) is 0 Å². The van der Waals surface area contributed by atoms with Gasteiger partial charge in [0.1, 0.15) is 0 Å². The van der Waals surface area contributed by atoms with Crippen LogP contribution < -0.4 is 20.5 Å². The molecule has 1 aliphatic carbocycles. The SMILES string of the molecule is COc1ccc(CNC2CCC(N)CC2)c(Cl)c1OC. The fourth-order valence-electron chi connectivity index (χ4n) is 2.64. The van der Waals surface area contributed by atoms with Crippen LogP contribution in [0.3, 0.4) is 0 Å². The molecular weight excluding hydrogens is 276 g/mol. The van der Waals surface area contributed by atoms with E-state index in [1.807, 2.05) is 12.1 Å². The maximum Gasteiger partial charge on any atom is 0.179 e. The maximum atomic E-state index is 6.37. The molecule has 1 aromatic carbocycles. The van der Waals surface area contributed by atoms with Crippen LogP contribution in [0.25, 0.3) is 0 Å². The van der Waals surface area contributed by atoms with E-state index in [9.17, 15) is 0 Å². The van der Waals surface area contributed by atoms with Gasteiger partial charge in [-0.1, -0.05) is 17.7 Å². The fraction of sp³-hybridized carbons (Fsp3) is 0.600. The predicted octanol–water partition coefficient (Wildman–Crippen LogP) is 2.72. The minimum atomic E-state index is 0.373. The van der Waals surface area contributed by atoms with Crippen molar-refractivity contribution in [1.29, 1.82) is 0 Å². The highest BCUT2D eigenvalue weighted by molar-refractivity contribution is 6.33. The zero-order valence-electron chi connectivity index (χ0n) is 12.1. The normalized spacial score (nSPS) is 22.6. The number of hydrogen-bond acceptors (Lipinski definition) is 4. The highest BCUT2D eigenvalue weighted by Gasteiger charge is 2.19. The molecule has 4 nitrogen and oxygen atoms in total. The van der Waals surface area contributed by atoms with E-state index in [0.717, 1.165) is 37.8 Å². The smallest absolute Gasteiger partial charge is 0.179 e. The molecule has 20 heavy (non-hydrogen) atoms. The van der Waals surface area contributed by atoms with E-state index in [1.165, 1.54) is 0 Å². The molecule has 112 valence electrons. The van der Waals surface area contributed by atoms with E-state index in [2.05, 4.69) is 5.32 Å². The molecule has 0 unspecified atom stereocenters. The van der Waals surface area contributed by atoms with Gasteiger partial charge in [-0.05, 0) is 37.3 Å². The number of rotatable bonds is 5. The molecule has 0 aromatic heterocycles. The minimum absolute atomic E-state index is 0.373. The number of methoxy groups -OCH3 is 2. The molecule has 0 atom stereocenters. The topological polar surface area (TPSA) is 56.5 Å². The standard InChI is InChI=1S/C15H23ClN2O2/c1-19-13-8-3-10(14(16)15(13)20-2)9-18-12-6-4-11(17)5-7-12/h3,8,11-12,18H,4-7,9,17H2,1-2H3. The van der Waals surface area contributed by atoms with Gasteiger partial charge < -0.3 is 20.5 Å². The second-order valence-electron chi connectivity index (χ2n) is 5.27. The van der Waals surface area contributed by atoms with Gasteiger partial charge in [-0.2, -0.15) is 0 Å². The van der Waals surface area contributed by atoms with E-state index in [4.69, 9.17) is 26.8 Å². The van der Waals surface area contributed by atoms with Crippen molar-refractivity contribution < 1.29 is 9.47 Å². The summed E-state index contributed by atoms with van der Waals surface area (Å²) in [4.78, 5) is 0. The molecule has 0 bridgehead atoms. The van der Waals surface area contributed by atoms with E-state index < -0.39 is 0 Å². The van der Waals surface area contributed by atoms with Gasteiger partial charge in [-0.3, -0.25) is 0 Å². The van der Waals surface area contributed by atoms with Crippen molar-refractivity contribution in [2.45, 2.75) is 44.3 Å². The van der Waals surface area contributed by atoms with Gasteiger partial charge in [0.15, 0.2) is 11.5 Å². The Morgan fingerprint density at radius 2 is 1.90 bits per heavy atom. The summed E-state index contributed by atoms with van der Waals surface area (Å²) >= 11 is 6.37. The quantitative estimate of drug-likeness (QED) is 0.877. The molecule has 2 rings (SSSR count). The molecule has 0 radical (unpaired) electrons. The first-order chi connectivity index (χ1) is 9.65. The van der Waals surface area contributed by atoms with Gasteiger partial charge in [0.2, 0.25) is 0 Å². The number of nitrogens with two attached hydrogens (primary N) is 1. The summed E-state index contributed by atoms with van der Waals surface area (Å²) in [7, 11) is 3.21. The van der Waals surface area contributed by atoms with Crippen molar-refractivity contribution >= 4 is 11.6 Å². The van der Waals surface area contributed by atoms with Crippen LogP contribution in [0.4, 0.5) is 0 Å². The molecule has 0 amide bonds. The summed E-state index contributed by atoms with van der Waals surface area (Å²) in [5.74, 6) is 1.25. The molecule has 1 aliphatic rings. The van der Waals surface area contributed by atoms with Crippen LogP contribution in [0.2, 0.25) is 5.02 Å². The lowest BCUT2D eigenvalue weighted by Crippen LogP contribution is -2.37. The highest BCUT2D eigenvalue weighted by Crippen LogP contribution is 2.37. The van der Waals surface area contributed by atoms with Crippen molar-refractivity contribution in [3.8, 4) is 11.5 Å². The minimum Gasteiger partial charge on any atom is -0.493 e. The molecular formula is C15H23ClN2O2. The van der Waals surface area contributed by atoms with Gasteiger partial charge >= 0.3 is 0 Å². The Kier molecular flexibility index (Phi) is 5.52. The molecule has 5 heteroatoms. The Bertz CT molecular complexity index is 446. The van der Waals surface area contributed by atoms with Crippen LogP contribution >= 0.6 is 11.6 Å². The number of nitrogens with one attached hydrogen (secondary N) is 1. The summed E-state index contributed by atoms with van der Waals surface area (Å²) in [5.41, 5.74) is 6.95. The molecule has 3 N–H and O–H groups in total. The van der Waals surface area contributed by atoms with Gasteiger partial charge in [-0.15, -0.1) is 0 Å². The maximum absolute atomic E-state index is 6.37. The fourth-order valence-corrected chi connectivity index (χ4v) is 2.94. The van der Waals surface area contributed by atoms with E-state index in [0.29, 0.717) is 28.6 Å². The van der Waals surface area contributed by atoms with Crippen LogP contribution in [0.15, 0.2) is 12.1 Å². The molecule has 0 spiro atoms. The van der Waals surface area contributed by atoms with Crippen molar-refractivity contribution in [3.63, 3.8) is 0 Å². The molecule has 0 aliphatic heterocycles. The van der Waals surface area contributed by atoms with Crippen molar-refractivity contribution in [3.05, 3.63) is 22.7 Å². The average molecular weight is 299 g/mol. The molecule has 1 fully saturated rings. The first-order valence-corrected chi connectivity index (χ1v) is 7.41. The van der Waals surface area contributed by atoms with E-state index >= 15 is 0 Å². The molecule has 0 heterocycles. The monoisotopic (exact) mass is 298 g/mol. The number of benzene rings is 1. The lowest BCUT2D eigenvalue weighted by atomic mass is 9.92. The first-order valence-electron chi connectivity index (χ1n) is 7.04. The summed E-state index contributed by atoms with van der Waals surface area (Å²) in [5, 5.41) is 4.17. The Balaban J connectivity index is 1.99. The second-order valence-corrected chi connectivity index (χ2v) is 5.64. The van der Waals surface area contributed by atoms with Crippen LogP contribution in [-0.4, -0.2) is 26.3 Å². The summed E-state index contributed by atoms with van der Waals surface area (Å²) < 4.78 is 10.5. The van der Waals surface area contributed by atoms with Crippen LogP contribution in [0, 0.1) is 0 Å². The third-order valence-electron chi connectivity index (χ3n) is 3.92. The van der Waals surface area contributed by atoms with Crippen molar-refractivity contribution in [2.75, 3.05) is 14.2 Å². The Morgan fingerprint density at radius 3 is 2.50 bits per heavy atom. The Labute approximate surface area is 125 Å². The number of halogens is 1. The zero-order chi connectivity index (χ0) is 14.5. The van der Waals surface area contributed by atoms with E-state index in [-0.39, 0.29) is 0 Å². The average Bonchev–Trinajstić information content (AvgIpc) is 2.47. The van der Waals surface area contributed by atoms with Crippen LogP contribution in [0.5, 0.6) is 11.5 Å². The number of hydrogen-bond donors (Lipinski definition) is 2. The molecule has 1 saturated carbocycles. The van der Waals surface area contributed by atoms with Gasteiger partial charge in [0, 0.05) is 18.6 Å². The third-order valence-corrected chi connectivity index (χ3v) is 4.33. The lowest BCUT2D eigenvalue weighted by Gasteiger charge is -2.27. The summed E-state index contributed by atoms with van der Waals surface area (Å²) in [6, 6.07) is 4.76. The third kappa shape index (κ3) is 3.57. The van der Waals surface area contributed by atoms with Gasteiger partial charge in [0.05, 0.1) is 19.2 Å². The lowest BCUT2D eigenvalue weighted by molar-refractivity contribution is 0.340. The van der Waals surface area contributed by atoms with Crippen molar-refractivity contribution in [2.24, 2.45) is 5.73 Å². The molecule has 0 saturated heterocycles. The van der Waals surface area contributed by atoms with Crippen LogP contribution in [-0.2, 0) is 6.54 Å². The predicted molar refractivity (Wildman–Crippen MR) is 81.6 cm³/mol. The Morgan fingerprint density at radius 1 is 1.20 bits per heavy atom. The zero-order valence-corrected chi connectivity index (χ0v) is 12.9. The second kappa shape index (κ2) is 7.16. The van der Waals surface area contributed by atoms with Crippen molar-refractivity contribution in [1.82, 2.24) is 5.32 Å².